The largest absolute Gasteiger partial charge is 0.493 e. The lowest BCUT2D eigenvalue weighted by molar-refractivity contribution is 0.354. The number of ether oxygens (including phenoxy) is 2. The average molecular weight is 230 g/mol. The van der Waals surface area contributed by atoms with Crippen LogP contribution < -0.4 is 14.8 Å². The lowest BCUT2D eigenvalue weighted by atomic mass is 10.1. The lowest BCUT2D eigenvalue weighted by Gasteiger charge is -2.15. The molecule has 0 amide bonds. The predicted octanol–water partition coefficient (Wildman–Crippen LogP) is 2.64. The second-order valence-corrected chi connectivity index (χ2v) is 3.66. The van der Waals surface area contributed by atoms with Crippen LogP contribution in [-0.2, 0) is 0 Å². The maximum Gasteiger partial charge on any atom is 0.179 e. The summed E-state index contributed by atoms with van der Waals surface area (Å²) in [5.41, 5.74) is 1.07. The van der Waals surface area contributed by atoms with E-state index in [-0.39, 0.29) is 6.04 Å². The van der Waals surface area contributed by atoms with E-state index in [4.69, 9.17) is 21.1 Å². The van der Waals surface area contributed by atoms with Crippen LogP contribution in [0.25, 0.3) is 0 Å². The van der Waals surface area contributed by atoms with Crippen LogP contribution in [0.15, 0.2) is 12.1 Å². The molecule has 15 heavy (non-hydrogen) atoms. The first-order valence-corrected chi connectivity index (χ1v) is 5.10. The van der Waals surface area contributed by atoms with Crippen LogP contribution in [0.2, 0.25) is 5.02 Å². The van der Waals surface area contributed by atoms with E-state index in [1.54, 1.807) is 14.2 Å². The summed E-state index contributed by atoms with van der Waals surface area (Å²) >= 11 is 6.08. The van der Waals surface area contributed by atoms with Gasteiger partial charge in [0.15, 0.2) is 11.5 Å². The molecule has 1 N–H and O–H groups in total. The molecular weight excluding hydrogens is 214 g/mol. The van der Waals surface area contributed by atoms with Crippen LogP contribution >= 0.6 is 11.6 Å². The fraction of sp³-hybridized carbons (Fsp3) is 0.455. The average Bonchev–Trinajstić information content (AvgIpc) is 2.26. The highest BCUT2D eigenvalue weighted by atomic mass is 35.5. The second-order valence-electron chi connectivity index (χ2n) is 3.25. The molecule has 84 valence electrons. The van der Waals surface area contributed by atoms with E-state index >= 15 is 0 Å². The molecule has 0 aliphatic rings. The van der Waals surface area contributed by atoms with Crippen LogP contribution in [0, 0.1) is 0 Å². The van der Waals surface area contributed by atoms with E-state index in [9.17, 15) is 0 Å². The monoisotopic (exact) mass is 229 g/mol. The van der Waals surface area contributed by atoms with Gasteiger partial charge < -0.3 is 14.8 Å². The zero-order valence-electron chi connectivity index (χ0n) is 9.43. The SMILES string of the molecule is CNC(C)c1cc(Cl)c(OC)c(OC)c1. The van der Waals surface area contributed by atoms with Crippen LogP contribution in [0.4, 0.5) is 0 Å². The predicted molar refractivity (Wildman–Crippen MR) is 62.0 cm³/mol. The topological polar surface area (TPSA) is 30.5 Å². The first-order valence-electron chi connectivity index (χ1n) is 4.72. The Kier molecular flexibility index (Phi) is 4.24. The van der Waals surface area contributed by atoms with E-state index in [0.29, 0.717) is 16.5 Å². The van der Waals surface area contributed by atoms with Gasteiger partial charge in [0.05, 0.1) is 19.2 Å². The Morgan fingerprint density at radius 1 is 1.27 bits per heavy atom. The molecule has 0 heterocycles. The summed E-state index contributed by atoms with van der Waals surface area (Å²) in [5, 5.41) is 3.71. The van der Waals surface area contributed by atoms with Gasteiger partial charge in [0.2, 0.25) is 0 Å². The van der Waals surface area contributed by atoms with Gasteiger partial charge in [-0.25, -0.2) is 0 Å². The number of nitrogens with one attached hydrogen (secondary N) is 1. The summed E-state index contributed by atoms with van der Waals surface area (Å²) in [6.07, 6.45) is 0. The third kappa shape index (κ3) is 2.55. The highest BCUT2D eigenvalue weighted by Crippen LogP contribution is 2.37. The fourth-order valence-electron chi connectivity index (χ4n) is 1.35. The molecular formula is C11H16ClNO2. The molecule has 1 atom stereocenters. The Morgan fingerprint density at radius 3 is 2.40 bits per heavy atom. The number of hydrogen-bond acceptors (Lipinski definition) is 3. The Bertz CT molecular complexity index is 342. The van der Waals surface area contributed by atoms with E-state index in [1.807, 2.05) is 19.2 Å². The molecule has 1 unspecified atom stereocenters. The summed E-state index contributed by atoms with van der Waals surface area (Å²) < 4.78 is 10.4. The van der Waals surface area contributed by atoms with Crippen molar-refractivity contribution in [1.29, 1.82) is 0 Å². The van der Waals surface area contributed by atoms with Gasteiger partial charge in [-0.3, -0.25) is 0 Å². The molecule has 0 saturated heterocycles. The van der Waals surface area contributed by atoms with Crippen molar-refractivity contribution in [3.05, 3.63) is 22.7 Å². The van der Waals surface area contributed by atoms with Crippen molar-refractivity contribution in [2.75, 3.05) is 21.3 Å². The number of halogens is 1. The van der Waals surface area contributed by atoms with Crippen LogP contribution in [0.5, 0.6) is 11.5 Å². The van der Waals surface area contributed by atoms with Crippen LogP contribution in [0.1, 0.15) is 18.5 Å². The molecule has 0 bridgehead atoms. The molecule has 0 saturated carbocycles. The zero-order chi connectivity index (χ0) is 11.4. The summed E-state index contributed by atoms with van der Waals surface area (Å²) in [6, 6.07) is 4.03. The normalized spacial score (nSPS) is 12.3. The highest BCUT2D eigenvalue weighted by molar-refractivity contribution is 6.32. The molecule has 0 aliphatic heterocycles. The van der Waals surface area contributed by atoms with E-state index < -0.39 is 0 Å². The van der Waals surface area contributed by atoms with Crippen molar-refractivity contribution in [2.45, 2.75) is 13.0 Å². The van der Waals surface area contributed by atoms with Crippen LogP contribution in [-0.4, -0.2) is 21.3 Å². The maximum absolute atomic E-state index is 6.08. The minimum absolute atomic E-state index is 0.224. The maximum atomic E-state index is 6.08. The Labute approximate surface area is 95.3 Å². The van der Waals surface area contributed by atoms with Crippen molar-refractivity contribution in [1.82, 2.24) is 5.32 Å². The number of rotatable bonds is 4. The molecule has 1 aromatic carbocycles. The van der Waals surface area contributed by atoms with Gasteiger partial charge >= 0.3 is 0 Å². The molecule has 4 heteroatoms. The van der Waals surface area contributed by atoms with Gasteiger partial charge in [0.25, 0.3) is 0 Å². The molecule has 1 rings (SSSR count). The zero-order valence-corrected chi connectivity index (χ0v) is 10.2. The summed E-state index contributed by atoms with van der Waals surface area (Å²) in [7, 11) is 5.07. The second kappa shape index (κ2) is 5.24. The van der Waals surface area contributed by atoms with Crippen molar-refractivity contribution >= 4 is 11.6 Å². The quantitative estimate of drug-likeness (QED) is 0.861. The first kappa shape index (κ1) is 12.1. The molecule has 0 spiro atoms. The van der Waals surface area contributed by atoms with Gasteiger partial charge in [-0.15, -0.1) is 0 Å². The Balaban J connectivity index is 3.19. The van der Waals surface area contributed by atoms with Gasteiger partial charge in [-0.1, -0.05) is 11.6 Å². The lowest BCUT2D eigenvalue weighted by Crippen LogP contribution is -2.12. The molecule has 0 fully saturated rings. The van der Waals surface area contributed by atoms with Gasteiger partial charge in [0, 0.05) is 6.04 Å². The summed E-state index contributed by atoms with van der Waals surface area (Å²) in [6.45, 7) is 2.05. The summed E-state index contributed by atoms with van der Waals surface area (Å²) in [4.78, 5) is 0. The fourth-order valence-corrected chi connectivity index (χ4v) is 1.65. The van der Waals surface area contributed by atoms with E-state index in [2.05, 4.69) is 12.2 Å². The molecule has 3 nitrogen and oxygen atoms in total. The minimum Gasteiger partial charge on any atom is -0.493 e. The summed E-state index contributed by atoms with van der Waals surface area (Å²) in [5.74, 6) is 1.23. The van der Waals surface area contributed by atoms with E-state index in [0.717, 1.165) is 5.56 Å². The third-order valence-corrected chi connectivity index (χ3v) is 2.67. The van der Waals surface area contributed by atoms with Crippen molar-refractivity contribution in [3.63, 3.8) is 0 Å². The van der Waals surface area contributed by atoms with Crippen LogP contribution in [0.3, 0.4) is 0 Å². The standard InChI is InChI=1S/C11H16ClNO2/c1-7(13-2)8-5-9(12)11(15-4)10(6-8)14-3/h5-7,13H,1-4H3. The Morgan fingerprint density at radius 2 is 1.93 bits per heavy atom. The third-order valence-electron chi connectivity index (χ3n) is 2.39. The highest BCUT2D eigenvalue weighted by Gasteiger charge is 2.13. The molecule has 1 aromatic rings. The number of methoxy groups -OCH3 is 2. The minimum atomic E-state index is 0.224. The van der Waals surface area contributed by atoms with Gasteiger partial charge in [-0.05, 0) is 31.7 Å². The smallest absolute Gasteiger partial charge is 0.179 e. The van der Waals surface area contributed by atoms with Gasteiger partial charge in [-0.2, -0.15) is 0 Å². The van der Waals surface area contributed by atoms with Crippen molar-refractivity contribution < 1.29 is 9.47 Å². The van der Waals surface area contributed by atoms with E-state index in [1.165, 1.54) is 0 Å². The molecule has 0 aromatic heterocycles. The molecule has 0 radical (unpaired) electrons. The van der Waals surface area contributed by atoms with Gasteiger partial charge in [0.1, 0.15) is 0 Å². The van der Waals surface area contributed by atoms with Crippen molar-refractivity contribution in [2.24, 2.45) is 0 Å². The Hall–Kier alpha value is -0.930. The molecule has 0 aliphatic carbocycles. The van der Waals surface area contributed by atoms with Crippen molar-refractivity contribution in [3.8, 4) is 11.5 Å². The number of hydrogen-bond donors (Lipinski definition) is 1. The first-order chi connectivity index (χ1) is 7.13. The number of benzene rings is 1.